The van der Waals surface area contributed by atoms with Gasteiger partial charge in [0.05, 0.1) is 39.6 Å². The van der Waals surface area contributed by atoms with Gasteiger partial charge in [-0.15, -0.1) is 0 Å². The van der Waals surface area contributed by atoms with Gasteiger partial charge in [-0.1, -0.05) is 110 Å². The van der Waals surface area contributed by atoms with Gasteiger partial charge in [-0.2, -0.15) is 0 Å². The fraction of sp³-hybridized carbons (Fsp3) is 1.00. The number of ether oxygens (including phenoxy) is 4. The quantitative estimate of drug-likeness (QED) is 0.116. The highest BCUT2D eigenvalue weighted by Crippen LogP contribution is 2.12. The molecule has 31 heavy (non-hydrogen) atoms. The molecule has 0 radical (unpaired) electrons. The molecule has 0 aliphatic heterocycles. The fourth-order valence-electron chi connectivity index (χ4n) is 3.61. The Kier molecular flexibility index (Phi) is 29.7. The van der Waals surface area contributed by atoms with Crippen LogP contribution < -0.4 is 0 Å². The molecule has 0 aliphatic carbocycles. The summed E-state index contributed by atoms with van der Waals surface area (Å²) in [5.41, 5.74) is 0. The maximum absolute atomic E-state index is 5.65. The standard InChI is InChI=1S/C27H56O4/c1-3-5-7-8-9-10-11-12-13-14-15-16-17-19-21-29-23-25-31-27-26-30-24-22-28-20-18-6-4-2/h3-27H2,1-2H3. The van der Waals surface area contributed by atoms with E-state index >= 15 is 0 Å². The van der Waals surface area contributed by atoms with E-state index in [4.69, 9.17) is 18.9 Å². The second-order valence-corrected chi connectivity index (χ2v) is 8.75. The van der Waals surface area contributed by atoms with Gasteiger partial charge in [0.2, 0.25) is 0 Å². The summed E-state index contributed by atoms with van der Waals surface area (Å²) in [7, 11) is 0. The molecule has 4 nitrogen and oxygen atoms in total. The lowest BCUT2D eigenvalue weighted by Gasteiger charge is -2.07. The first-order chi connectivity index (χ1) is 15.4. The Morgan fingerprint density at radius 2 is 0.484 bits per heavy atom. The predicted molar refractivity (Wildman–Crippen MR) is 133 cm³/mol. The Morgan fingerprint density at radius 3 is 0.839 bits per heavy atom. The topological polar surface area (TPSA) is 36.9 Å². The van der Waals surface area contributed by atoms with Crippen molar-refractivity contribution >= 4 is 0 Å². The van der Waals surface area contributed by atoms with Gasteiger partial charge >= 0.3 is 0 Å². The molecule has 0 heterocycles. The number of unbranched alkanes of at least 4 members (excludes halogenated alkanes) is 15. The van der Waals surface area contributed by atoms with E-state index in [9.17, 15) is 0 Å². The number of hydrogen-bond donors (Lipinski definition) is 0. The molecule has 0 bridgehead atoms. The van der Waals surface area contributed by atoms with E-state index in [1.165, 1.54) is 103 Å². The second-order valence-electron chi connectivity index (χ2n) is 8.75. The highest BCUT2D eigenvalue weighted by atomic mass is 16.6. The first-order valence-electron chi connectivity index (χ1n) is 13.7. The molecule has 0 rings (SSSR count). The Labute approximate surface area is 195 Å². The summed E-state index contributed by atoms with van der Waals surface area (Å²) in [6.45, 7) is 10.2. The van der Waals surface area contributed by atoms with Crippen molar-refractivity contribution in [1.82, 2.24) is 0 Å². The van der Waals surface area contributed by atoms with E-state index in [0.29, 0.717) is 39.6 Å². The largest absolute Gasteiger partial charge is 0.379 e. The lowest BCUT2D eigenvalue weighted by atomic mass is 10.0. The van der Waals surface area contributed by atoms with E-state index in [0.717, 1.165) is 19.6 Å². The third-order valence-electron chi connectivity index (χ3n) is 5.65. The molecule has 0 saturated carbocycles. The molecular weight excluding hydrogens is 388 g/mol. The lowest BCUT2D eigenvalue weighted by molar-refractivity contribution is -0.00246. The molecular formula is C27H56O4. The minimum Gasteiger partial charge on any atom is -0.379 e. The van der Waals surface area contributed by atoms with E-state index < -0.39 is 0 Å². The van der Waals surface area contributed by atoms with Gasteiger partial charge in [-0.3, -0.25) is 0 Å². The predicted octanol–water partition coefficient (Wildman–Crippen LogP) is 7.72. The molecule has 188 valence electrons. The molecule has 0 unspecified atom stereocenters. The van der Waals surface area contributed by atoms with Crippen molar-refractivity contribution in [2.75, 3.05) is 52.9 Å². The van der Waals surface area contributed by atoms with Gasteiger partial charge in [-0.25, -0.2) is 0 Å². The van der Waals surface area contributed by atoms with Crippen LogP contribution in [0.5, 0.6) is 0 Å². The Bertz CT molecular complexity index is 271. The molecule has 4 heteroatoms. The van der Waals surface area contributed by atoms with Gasteiger partial charge in [0, 0.05) is 13.2 Å². The SMILES string of the molecule is CCCCCCCCCCCCCCCCOCCOCCOCCOCCCCC. The molecule has 0 amide bonds. The lowest BCUT2D eigenvalue weighted by Crippen LogP contribution is -2.12. The average molecular weight is 445 g/mol. The maximum atomic E-state index is 5.65. The highest BCUT2D eigenvalue weighted by Gasteiger charge is 1.96. The molecule has 0 aromatic rings. The molecule has 0 aliphatic rings. The monoisotopic (exact) mass is 444 g/mol. The molecule has 0 N–H and O–H groups in total. The summed E-state index contributed by atoms with van der Waals surface area (Å²) in [6, 6.07) is 0. The van der Waals surface area contributed by atoms with Crippen LogP contribution in [-0.2, 0) is 18.9 Å². The highest BCUT2D eigenvalue weighted by molar-refractivity contribution is 4.49. The third kappa shape index (κ3) is 29.8. The van der Waals surface area contributed by atoms with Crippen LogP contribution in [0, 0.1) is 0 Å². The first kappa shape index (κ1) is 30.8. The van der Waals surface area contributed by atoms with E-state index in [-0.39, 0.29) is 0 Å². The Hall–Kier alpha value is -0.160. The normalized spacial score (nSPS) is 11.4. The number of rotatable bonds is 28. The summed E-state index contributed by atoms with van der Waals surface area (Å²) in [6.07, 6.45) is 23.2. The average Bonchev–Trinajstić information content (AvgIpc) is 2.78. The van der Waals surface area contributed by atoms with Gasteiger partial charge < -0.3 is 18.9 Å². The van der Waals surface area contributed by atoms with Crippen LogP contribution in [0.4, 0.5) is 0 Å². The van der Waals surface area contributed by atoms with Crippen LogP contribution in [0.1, 0.15) is 123 Å². The zero-order chi connectivity index (χ0) is 22.5. The van der Waals surface area contributed by atoms with Crippen molar-refractivity contribution in [2.24, 2.45) is 0 Å². The van der Waals surface area contributed by atoms with Crippen molar-refractivity contribution in [3.63, 3.8) is 0 Å². The third-order valence-corrected chi connectivity index (χ3v) is 5.65. The van der Waals surface area contributed by atoms with Crippen molar-refractivity contribution in [2.45, 2.75) is 123 Å². The fourth-order valence-corrected chi connectivity index (χ4v) is 3.61. The minimum atomic E-state index is 0.636. The molecule has 0 atom stereocenters. The summed E-state index contributed by atoms with van der Waals surface area (Å²) in [4.78, 5) is 0. The van der Waals surface area contributed by atoms with Gasteiger partial charge in [0.25, 0.3) is 0 Å². The summed E-state index contributed by atoms with van der Waals surface area (Å²) >= 11 is 0. The Balaban J connectivity index is 2.98. The zero-order valence-electron chi connectivity index (χ0n) is 21.3. The van der Waals surface area contributed by atoms with Crippen molar-refractivity contribution in [3.8, 4) is 0 Å². The van der Waals surface area contributed by atoms with Crippen molar-refractivity contribution in [1.29, 1.82) is 0 Å². The molecule has 0 aromatic heterocycles. The van der Waals surface area contributed by atoms with Gasteiger partial charge in [0.1, 0.15) is 0 Å². The van der Waals surface area contributed by atoms with Crippen molar-refractivity contribution in [3.05, 3.63) is 0 Å². The van der Waals surface area contributed by atoms with Crippen LogP contribution in [0.15, 0.2) is 0 Å². The van der Waals surface area contributed by atoms with E-state index in [2.05, 4.69) is 13.8 Å². The molecule has 0 saturated heterocycles. The van der Waals surface area contributed by atoms with Crippen LogP contribution in [0.3, 0.4) is 0 Å². The van der Waals surface area contributed by atoms with Crippen LogP contribution in [-0.4, -0.2) is 52.9 Å². The van der Waals surface area contributed by atoms with Gasteiger partial charge in [0.15, 0.2) is 0 Å². The molecule has 0 aromatic carbocycles. The summed E-state index contributed by atoms with van der Waals surface area (Å²) in [5.74, 6) is 0. The van der Waals surface area contributed by atoms with Crippen LogP contribution in [0.25, 0.3) is 0 Å². The van der Waals surface area contributed by atoms with E-state index in [1.807, 2.05) is 0 Å². The van der Waals surface area contributed by atoms with Gasteiger partial charge in [-0.05, 0) is 12.8 Å². The smallest absolute Gasteiger partial charge is 0.0701 e. The molecule has 0 fully saturated rings. The zero-order valence-corrected chi connectivity index (χ0v) is 21.3. The van der Waals surface area contributed by atoms with Crippen LogP contribution in [0.2, 0.25) is 0 Å². The van der Waals surface area contributed by atoms with Crippen molar-refractivity contribution < 1.29 is 18.9 Å². The van der Waals surface area contributed by atoms with E-state index in [1.54, 1.807) is 0 Å². The summed E-state index contributed by atoms with van der Waals surface area (Å²) in [5, 5.41) is 0. The number of hydrogen-bond acceptors (Lipinski definition) is 4. The maximum Gasteiger partial charge on any atom is 0.0701 e. The minimum absolute atomic E-state index is 0.636. The molecule has 0 spiro atoms. The second kappa shape index (κ2) is 29.8. The van der Waals surface area contributed by atoms with Crippen LogP contribution >= 0.6 is 0 Å². The summed E-state index contributed by atoms with van der Waals surface area (Å²) < 4.78 is 22.2. The first-order valence-corrected chi connectivity index (χ1v) is 13.7. The Morgan fingerprint density at radius 1 is 0.258 bits per heavy atom.